The second-order valence-corrected chi connectivity index (χ2v) is 5.66. The van der Waals surface area contributed by atoms with Crippen LogP contribution in [0, 0.1) is 0 Å². The van der Waals surface area contributed by atoms with E-state index in [4.69, 9.17) is 0 Å². The Balaban J connectivity index is 2.56. The molecule has 0 aromatic heterocycles. The second-order valence-electron chi connectivity index (χ2n) is 4.74. The third-order valence-electron chi connectivity index (χ3n) is 2.45. The van der Waals surface area contributed by atoms with Gasteiger partial charge in [-0.25, -0.2) is 0 Å². The van der Waals surface area contributed by atoms with Crippen LogP contribution in [0.15, 0.2) is 40.9 Å². The number of rotatable bonds is 4. The van der Waals surface area contributed by atoms with Gasteiger partial charge in [0.1, 0.15) is 0 Å². The van der Waals surface area contributed by atoms with Crippen LogP contribution in [-0.2, 0) is 0 Å². The van der Waals surface area contributed by atoms with Gasteiger partial charge in [0.25, 0.3) is 0 Å². The Hall–Kier alpha value is -0.600. The van der Waals surface area contributed by atoms with E-state index in [2.05, 4.69) is 47.1 Å². The first-order valence-electron chi connectivity index (χ1n) is 5.54. The maximum absolute atomic E-state index is 9.54. The van der Waals surface area contributed by atoms with Crippen LogP contribution in [0.4, 0.5) is 0 Å². The van der Waals surface area contributed by atoms with Crippen LogP contribution >= 0.6 is 15.9 Å². The predicted molar refractivity (Wildman–Crippen MR) is 72.6 cm³/mol. The summed E-state index contributed by atoms with van der Waals surface area (Å²) in [4.78, 5) is 0. The minimum absolute atomic E-state index is 0.478. The number of hydrogen-bond acceptors (Lipinski definition) is 1. The van der Waals surface area contributed by atoms with Crippen molar-refractivity contribution < 1.29 is 5.11 Å². The lowest BCUT2D eigenvalue weighted by Crippen LogP contribution is -2.13. The van der Waals surface area contributed by atoms with Gasteiger partial charge in [0.05, 0.1) is 5.60 Å². The molecular weight excluding hydrogens is 264 g/mol. The van der Waals surface area contributed by atoms with E-state index < -0.39 is 5.60 Å². The minimum atomic E-state index is -0.709. The molecule has 2 heteroatoms. The van der Waals surface area contributed by atoms with E-state index in [0.717, 1.165) is 10.9 Å². The molecule has 1 unspecified atom stereocenters. The Morgan fingerprint density at radius 1 is 1.31 bits per heavy atom. The summed E-state index contributed by atoms with van der Waals surface area (Å²) in [6.45, 7) is 5.76. The molecule has 1 N–H and O–H groups in total. The first-order chi connectivity index (χ1) is 7.38. The van der Waals surface area contributed by atoms with Crippen molar-refractivity contribution in [2.75, 3.05) is 0 Å². The van der Waals surface area contributed by atoms with Crippen LogP contribution in [0.5, 0.6) is 0 Å². The van der Waals surface area contributed by atoms with Crippen molar-refractivity contribution in [2.24, 2.45) is 0 Å². The number of allylic oxidation sites excluding steroid dienone is 1. The van der Waals surface area contributed by atoms with Gasteiger partial charge in [0, 0.05) is 4.47 Å². The molecule has 0 saturated carbocycles. The standard InChI is InChI=1S/C14H19BrO/c1-11(5-4-10-14(2,3)16)12-6-8-13(15)9-7-12/h4,6-11,16H,5H2,1-3H3/b10-4+. The van der Waals surface area contributed by atoms with Crippen LogP contribution in [0.2, 0.25) is 0 Å². The molecule has 0 aliphatic rings. The second kappa shape index (κ2) is 5.65. The molecule has 0 spiro atoms. The highest BCUT2D eigenvalue weighted by Gasteiger charge is 2.07. The summed E-state index contributed by atoms with van der Waals surface area (Å²) in [7, 11) is 0. The monoisotopic (exact) mass is 282 g/mol. The van der Waals surface area contributed by atoms with Gasteiger partial charge in [-0.2, -0.15) is 0 Å². The molecule has 1 rings (SSSR count). The van der Waals surface area contributed by atoms with Crippen molar-refractivity contribution in [1.82, 2.24) is 0 Å². The minimum Gasteiger partial charge on any atom is -0.386 e. The van der Waals surface area contributed by atoms with Gasteiger partial charge in [-0.1, -0.05) is 47.1 Å². The molecule has 0 aliphatic carbocycles. The van der Waals surface area contributed by atoms with E-state index in [9.17, 15) is 5.11 Å². The topological polar surface area (TPSA) is 20.2 Å². The number of benzene rings is 1. The quantitative estimate of drug-likeness (QED) is 0.818. The van der Waals surface area contributed by atoms with E-state index in [1.807, 2.05) is 12.2 Å². The van der Waals surface area contributed by atoms with E-state index in [0.29, 0.717) is 5.92 Å². The van der Waals surface area contributed by atoms with Crippen LogP contribution in [-0.4, -0.2) is 10.7 Å². The number of aliphatic hydroxyl groups is 1. The summed E-state index contributed by atoms with van der Waals surface area (Å²) in [5.41, 5.74) is 0.614. The number of hydrogen-bond donors (Lipinski definition) is 1. The molecule has 1 aromatic carbocycles. The first-order valence-corrected chi connectivity index (χ1v) is 6.33. The highest BCUT2D eigenvalue weighted by molar-refractivity contribution is 9.10. The Morgan fingerprint density at radius 2 is 1.88 bits per heavy atom. The van der Waals surface area contributed by atoms with Crippen molar-refractivity contribution >= 4 is 15.9 Å². The molecule has 0 aliphatic heterocycles. The van der Waals surface area contributed by atoms with Gasteiger partial charge in [0.2, 0.25) is 0 Å². The molecule has 88 valence electrons. The molecule has 1 atom stereocenters. The van der Waals surface area contributed by atoms with Crippen LogP contribution in [0.25, 0.3) is 0 Å². The van der Waals surface area contributed by atoms with Crippen LogP contribution in [0.1, 0.15) is 38.7 Å². The van der Waals surface area contributed by atoms with E-state index in [1.165, 1.54) is 5.56 Å². The molecule has 0 radical (unpaired) electrons. The van der Waals surface area contributed by atoms with Crippen molar-refractivity contribution in [1.29, 1.82) is 0 Å². The third-order valence-corrected chi connectivity index (χ3v) is 2.98. The largest absolute Gasteiger partial charge is 0.386 e. The van der Waals surface area contributed by atoms with Crippen molar-refractivity contribution in [3.8, 4) is 0 Å². The highest BCUT2D eigenvalue weighted by Crippen LogP contribution is 2.22. The van der Waals surface area contributed by atoms with Crippen molar-refractivity contribution in [2.45, 2.75) is 38.7 Å². The maximum Gasteiger partial charge on any atom is 0.0771 e. The average molecular weight is 283 g/mol. The summed E-state index contributed by atoms with van der Waals surface area (Å²) in [6.07, 6.45) is 4.85. The van der Waals surface area contributed by atoms with Gasteiger partial charge >= 0.3 is 0 Å². The Labute approximate surface area is 106 Å². The fourth-order valence-corrected chi connectivity index (χ4v) is 1.75. The number of halogens is 1. The lowest BCUT2D eigenvalue weighted by atomic mass is 9.97. The summed E-state index contributed by atoms with van der Waals surface area (Å²) in [6, 6.07) is 8.39. The Morgan fingerprint density at radius 3 is 2.38 bits per heavy atom. The van der Waals surface area contributed by atoms with Crippen LogP contribution in [0.3, 0.4) is 0 Å². The molecule has 1 nitrogen and oxygen atoms in total. The van der Waals surface area contributed by atoms with Gasteiger partial charge in [-0.15, -0.1) is 0 Å². The fourth-order valence-electron chi connectivity index (χ4n) is 1.49. The smallest absolute Gasteiger partial charge is 0.0771 e. The zero-order chi connectivity index (χ0) is 12.2. The molecule has 0 fully saturated rings. The Kier molecular flexibility index (Phi) is 4.75. The molecule has 16 heavy (non-hydrogen) atoms. The highest BCUT2D eigenvalue weighted by atomic mass is 79.9. The van der Waals surface area contributed by atoms with E-state index in [-0.39, 0.29) is 0 Å². The van der Waals surface area contributed by atoms with Gasteiger partial charge in [-0.05, 0) is 43.9 Å². The molecular formula is C14H19BrO. The SMILES string of the molecule is CC(C/C=C/C(C)(C)O)c1ccc(Br)cc1. The fraction of sp³-hybridized carbons (Fsp3) is 0.429. The van der Waals surface area contributed by atoms with Gasteiger partial charge in [0.15, 0.2) is 0 Å². The first kappa shape index (κ1) is 13.5. The molecule has 1 aromatic rings. The molecule has 0 bridgehead atoms. The third kappa shape index (κ3) is 4.95. The molecule has 0 amide bonds. The summed E-state index contributed by atoms with van der Waals surface area (Å²) in [5, 5.41) is 9.54. The molecule has 0 saturated heterocycles. The lowest BCUT2D eigenvalue weighted by molar-refractivity contribution is 0.133. The Bertz CT molecular complexity index is 346. The van der Waals surface area contributed by atoms with E-state index in [1.54, 1.807) is 13.8 Å². The normalized spacial score (nSPS) is 14.3. The van der Waals surface area contributed by atoms with Crippen LogP contribution < -0.4 is 0 Å². The average Bonchev–Trinajstić information content (AvgIpc) is 2.16. The lowest BCUT2D eigenvalue weighted by Gasteiger charge is -2.12. The van der Waals surface area contributed by atoms with Gasteiger partial charge in [-0.3, -0.25) is 0 Å². The molecule has 0 heterocycles. The van der Waals surface area contributed by atoms with E-state index >= 15 is 0 Å². The maximum atomic E-state index is 9.54. The van der Waals surface area contributed by atoms with Gasteiger partial charge < -0.3 is 5.11 Å². The summed E-state index contributed by atoms with van der Waals surface area (Å²) >= 11 is 3.43. The summed E-state index contributed by atoms with van der Waals surface area (Å²) in [5.74, 6) is 0.478. The predicted octanol–water partition coefficient (Wildman–Crippen LogP) is 4.27. The zero-order valence-electron chi connectivity index (χ0n) is 10.1. The zero-order valence-corrected chi connectivity index (χ0v) is 11.7. The van der Waals surface area contributed by atoms with Crippen molar-refractivity contribution in [3.05, 3.63) is 46.5 Å². The van der Waals surface area contributed by atoms with Crippen molar-refractivity contribution in [3.63, 3.8) is 0 Å². The summed E-state index contributed by atoms with van der Waals surface area (Å²) < 4.78 is 1.11.